The Hall–Kier alpha value is 0.700. The maximum Gasteiger partial charge on any atom is 1.00 e. The average Bonchev–Trinajstić information content (AvgIpc) is 1.84. The molecular weight excluding hydrogens is 220 g/mol. The van der Waals surface area contributed by atoms with E-state index < -0.39 is 15.6 Å². The third-order valence-corrected chi connectivity index (χ3v) is 1.23. The first-order chi connectivity index (χ1) is 5.16. The Labute approximate surface area is 97.7 Å². The predicted molar refractivity (Wildman–Crippen MR) is 37.9 cm³/mol. The zero-order valence-electron chi connectivity index (χ0n) is 7.43. The second-order valence-corrected chi connectivity index (χ2v) is 3.19. The first kappa shape index (κ1) is 19.3. The molecule has 0 amide bonds. The zero-order chi connectivity index (χ0) is 10.4. The van der Waals surface area contributed by atoms with Gasteiger partial charge in [0.05, 0.1) is 0 Å². The summed E-state index contributed by atoms with van der Waals surface area (Å²) < 4.78 is 57.5. The van der Waals surface area contributed by atoms with E-state index in [9.17, 15) is 13.2 Å². The van der Waals surface area contributed by atoms with Gasteiger partial charge in [0.1, 0.15) is 0 Å². The summed E-state index contributed by atoms with van der Waals surface area (Å²) in [5, 5.41) is 0. The molecule has 76 valence electrons. The second-order valence-electron chi connectivity index (χ2n) is 1.77. The summed E-state index contributed by atoms with van der Waals surface area (Å²) in [7, 11) is -5.84. The molecule has 3 nitrogen and oxygen atoms in total. The number of halogens is 3. The molecule has 0 heterocycles. The van der Waals surface area contributed by atoms with E-state index in [-0.39, 0.29) is 29.6 Å². The van der Waals surface area contributed by atoms with Gasteiger partial charge in [-0.3, -0.25) is 4.55 Å². The summed E-state index contributed by atoms with van der Waals surface area (Å²) in [6, 6.07) is 0. The maximum absolute atomic E-state index is 10.7. The quantitative estimate of drug-likeness (QED) is 0.272. The van der Waals surface area contributed by atoms with Gasteiger partial charge in [0, 0.05) is 0 Å². The number of hydrogen-bond acceptors (Lipinski definition) is 2. The minimum atomic E-state index is -5.84. The van der Waals surface area contributed by atoms with Gasteiger partial charge >= 0.3 is 45.2 Å². The SMILES string of the molecule is O=S(=O)(O)C(F)(F)F.[CH2-]CCC.[Na+]. The molecule has 0 aliphatic rings. The monoisotopic (exact) mass is 230 g/mol. The van der Waals surface area contributed by atoms with Gasteiger partial charge in [-0.15, -0.1) is 0 Å². The van der Waals surface area contributed by atoms with Crippen LogP contribution in [-0.4, -0.2) is 18.5 Å². The van der Waals surface area contributed by atoms with Crippen LogP contribution in [0.15, 0.2) is 0 Å². The van der Waals surface area contributed by atoms with Crippen LogP contribution in [-0.2, 0) is 10.1 Å². The molecule has 1 N–H and O–H groups in total. The fourth-order valence-corrected chi connectivity index (χ4v) is 0. The average molecular weight is 230 g/mol. The number of rotatable bonds is 1. The van der Waals surface area contributed by atoms with Crippen LogP contribution in [0.3, 0.4) is 0 Å². The largest absolute Gasteiger partial charge is 1.00 e. The third kappa shape index (κ3) is 12.7. The van der Waals surface area contributed by atoms with E-state index in [1.54, 1.807) is 0 Å². The molecule has 0 fully saturated rings. The van der Waals surface area contributed by atoms with Gasteiger partial charge in [0.2, 0.25) is 0 Å². The molecule has 13 heavy (non-hydrogen) atoms. The molecule has 0 aromatic heterocycles. The predicted octanol–water partition coefficient (Wildman–Crippen LogP) is -0.981. The minimum Gasteiger partial charge on any atom is -0.343 e. The van der Waals surface area contributed by atoms with Crippen molar-refractivity contribution in [1.82, 2.24) is 0 Å². The molecule has 0 bridgehead atoms. The normalized spacial score (nSPS) is 10.9. The van der Waals surface area contributed by atoms with E-state index >= 15 is 0 Å². The Bertz CT molecular complexity index is 198. The van der Waals surface area contributed by atoms with Crippen molar-refractivity contribution in [2.75, 3.05) is 0 Å². The van der Waals surface area contributed by atoms with Crippen molar-refractivity contribution < 1.29 is 55.7 Å². The summed E-state index contributed by atoms with van der Waals surface area (Å²) in [4.78, 5) is 0. The first-order valence-electron chi connectivity index (χ1n) is 2.99. The van der Waals surface area contributed by atoms with Crippen molar-refractivity contribution in [2.24, 2.45) is 0 Å². The Kier molecular flexibility index (Phi) is 11.9. The van der Waals surface area contributed by atoms with Crippen molar-refractivity contribution in [2.45, 2.75) is 25.3 Å². The maximum atomic E-state index is 10.7. The van der Waals surface area contributed by atoms with Gasteiger partial charge in [-0.05, 0) is 0 Å². The summed E-state index contributed by atoms with van der Waals surface area (Å²) in [6.45, 7) is 5.72. The Morgan fingerprint density at radius 1 is 1.38 bits per heavy atom. The van der Waals surface area contributed by atoms with E-state index in [1.807, 2.05) is 0 Å². The molecule has 0 aromatic carbocycles. The smallest absolute Gasteiger partial charge is 0.343 e. The van der Waals surface area contributed by atoms with Gasteiger partial charge in [0.25, 0.3) is 0 Å². The third-order valence-electron chi connectivity index (χ3n) is 0.646. The van der Waals surface area contributed by atoms with Gasteiger partial charge in [-0.1, -0.05) is 13.3 Å². The molecule has 0 aliphatic heterocycles. The molecule has 0 aliphatic carbocycles. The fourth-order valence-electron chi connectivity index (χ4n) is 0. The summed E-state index contributed by atoms with van der Waals surface area (Å²) in [5.74, 6) is 0. The van der Waals surface area contributed by atoms with Gasteiger partial charge in [0.15, 0.2) is 0 Å². The summed E-state index contributed by atoms with van der Waals surface area (Å²) in [6.07, 6.45) is 2.28. The van der Waals surface area contributed by atoms with Crippen molar-refractivity contribution in [3.05, 3.63) is 6.92 Å². The molecule has 0 rings (SSSR count). The van der Waals surface area contributed by atoms with Crippen LogP contribution in [0.1, 0.15) is 19.8 Å². The first-order valence-corrected chi connectivity index (χ1v) is 4.43. The molecule has 0 spiro atoms. The molecule has 0 saturated carbocycles. The van der Waals surface area contributed by atoms with Crippen LogP contribution in [0.2, 0.25) is 0 Å². The topological polar surface area (TPSA) is 54.4 Å². The van der Waals surface area contributed by atoms with E-state index in [2.05, 4.69) is 13.8 Å². The van der Waals surface area contributed by atoms with Crippen LogP contribution in [0, 0.1) is 6.92 Å². The molecule has 0 saturated heterocycles. The zero-order valence-corrected chi connectivity index (χ0v) is 10.2. The molecule has 0 atom stereocenters. The van der Waals surface area contributed by atoms with Crippen LogP contribution < -0.4 is 29.6 Å². The van der Waals surface area contributed by atoms with Gasteiger partial charge < -0.3 is 6.92 Å². The molecule has 0 radical (unpaired) electrons. The van der Waals surface area contributed by atoms with E-state index in [1.165, 1.54) is 6.42 Å². The van der Waals surface area contributed by atoms with Crippen molar-refractivity contribution in [3.63, 3.8) is 0 Å². The second kappa shape index (κ2) is 8.05. The van der Waals surface area contributed by atoms with E-state index in [0.29, 0.717) is 0 Å². The fraction of sp³-hybridized carbons (Fsp3) is 0.800. The number of hydrogen-bond donors (Lipinski definition) is 1. The molecule has 0 unspecified atom stereocenters. The van der Waals surface area contributed by atoms with E-state index in [4.69, 9.17) is 13.0 Å². The molecular formula is C5H10F3NaO3S. The number of unbranched alkanes of at least 4 members (excludes halogenated alkanes) is 1. The minimum absolute atomic E-state index is 0. The van der Waals surface area contributed by atoms with Gasteiger partial charge in [-0.2, -0.15) is 28.0 Å². The van der Waals surface area contributed by atoms with Crippen molar-refractivity contribution in [3.8, 4) is 0 Å². The number of alkyl halides is 3. The Morgan fingerprint density at radius 2 is 1.54 bits per heavy atom. The van der Waals surface area contributed by atoms with Crippen LogP contribution in [0.4, 0.5) is 13.2 Å². The molecule has 8 heteroatoms. The molecule has 0 aromatic rings. The Morgan fingerprint density at radius 3 is 1.54 bits per heavy atom. The van der Waals surface area contributed by atoms with E-state index in [0.717, 1.165) is 6.42 Å². The van der Waals surface area contributed by atoms with Gasteiger partial charge in [-0.25, -0.2) is 0 Å². The van der Waals surface area contributed by atoms with Crippen LogP contribution in [0.25, 0.3) is 0 Å². The van der Waals surface area contributed by atoms with Crippen LogP contribution >= 0.6 is 0 Å². The van der Waals surface area contributed by atoms with Crippen molar-refractivity contribution >= 4 is 10.1 Å². The van der Waals surface area contributed by atoms with Crippen LogP contribution in [0.5, 0.6) is 0 Å². The standard InChI is InChI=1S/C4H9.CHF3O3S.Na/c1-3-4-2;2-1(3,4)8(5,6)7;/h1,3-4H2,2H3;(H,5,6,7);/q-1;;+1. The Balaban J connectivity index is -0.000000173. The summed E-state index contributed by atoms with van der Waals surface area (Å²) >= 11 is 0. The summed E-state index contributed by atoms with van der Waals surface area (Å²) in [5.41, 5.74) is -5.53. The van der Waals surface area contributed by atoms with Crippen molar-refractivity contribution in [1.29, 1.82) is 0 Å².